The van der Waals surface area contributed by atoms with E-state index in [2.05, 4.69) is 65.7 Å². The van der Waals surface area contributed by atoms with Crippen molar-refractivity contribution in [1.82, 2.24) is 9.80 Å². The molecular formula is C25H27N3O. The minimum absolute atomic E-state index is 0.0151. The lowest BCUT2D eigenvalue weighted by molar-refractivity contribution is 0.156. The number of piperazine rings is 1. The number of carbonyl (C=O) groups is 1. The summed E-state index contributed by atoms with van der Waals surface area (Å²) in [5.74, 6) is 0. The molecule has 1 aliphatic heterocycles. The molecule has 3 aromatic rings. The SMILES string of the molecule is C/C(=C\CN1CCN(C(=O)Nc2ccccc2)CC1)c1ccc2ccccc2c1. The number of nitrogens with zero attached hydrogens (tertiary/aromatic N) is 2. The average molecular weight is 386 g/mol. The first-order chi connectivity index (χ1) is 14.2. The Labute approximate surface area is 172 Å². The molecule has 0 bridgehead atoms. The van der Waals surface area contributed by atoms with Crippen molar-refractivity contribution in [3.63, 3.8) is 0 Å². The molecule has 0 aromatic heterocycles. The number of anilines is 1. The third kappa shape index (κ3) is 4.84. The molecule has 1 aliphatic rings. The van der Waals surface area contributed by atoms with Gasteiger partial charge in [0.25, 0.3) is 0 Å². The van der Waals surface area contributed by atoms with Crippen molar-refractivity contribution in [3.05, 3.63) is 84.4 Å². The van der Waals surface area contributed by atoms with Crippen molar-refractivity contribution in [2.45, 2.75) is 6.92 Å². The minimum atomic E-state index is -0.0151. The second kappa shape index (κ2) is 8.93. The Morgan fingerprint density at radius 3 is 2.34 bits per heavy atom. The van der Waals surface area contributed by atoms with E-state index >= 15 is 0 Å². The Kier molecular flexibility index (Phi) is 5.92. The first-order valence-electron chi connectivity index (χ1n) is 10.2. The van der Waals surface area contributed by atoms with E-state index in [1.165, 1.54) is 21.9 Å². The van der Waals surface area contributed by atoms with E-state index in [0.717, 1.165) is 38.4 Å². The number of hydrogen-bond acceptors (Lipinski definition) is 2. The van der Waals surface area contributed by atoms with Crippen LogP contribution in [0.5, 0.6) is 0 Å². The largest absolute Gasteiger partial charge is 0.322 e. The van der Waals surface area contributed by atoms with Gasteiger partial charge in [-0.25, -0.2) is 4.79 Å². The van der Waals surface area contributed by atoms with Crippen LogP contribution in [0.3, 0.4) is 0 Å². The molecular weight excluding hydrogens is 358 g/mol. The molecule has 4 heteroatoms. The normalized spacial score (nSPS) is 15.5. The summed E-state index contributed by atoms with van der Waals surface area (Å²) in [5.41, 5.74) is 3.40. The fraction of sp³-hybridized carbons (Fsp3) is 0.240. The number of nitrogens with one attached hydrogen (secondary N) is 1. The molecule has 0 saturated carbocycles. The first-order valence-corrected chi connectivity index (χ1v) is 10.2. The van der Waals surface area contributed by atoms with Crippen LogP contribution in [0.25, 0.3) is 16.3 Å². The highest BCUT2D eigenvalue weighted by atomic mass is 16.2. The molecule has 0 radical (unpaired) electrons. The number of carbonyl (C=O) groups excluding carboxylic acids is 1. The van der Waals surface area contributed by atoms with Gasteiger partial charge in [-0.2, -0.15) is 0 Å². The van der Waals surface area contributed by atoms with Gasteiger partial charge in [-0.1, -0.05) is 60.7 Å². The standard InChI is InChI=1S/C25H27N3O/c1-20(22-12-11-21-7-5-6-8-23(21)19-22)13-14-27-15-17-28(18-16-27)25(29)26-24-9-3-2-4-10-24/h2-13,19H,14-18H2,1H3,(H,26,29)/b20-13+. The van der Waals surface area contributed by atoms with Gasteiger partial charge in [0.05, 0.1) is 0 Å². The molecule has 0 spiro atoms. The Bertz CT molecular complexity index is 1000. The van der Waals surface area contributed by atoms with Gasteiger partial charge in [0.2, 0.25) is 0 Å². The van der Waals surface area contributed by atoms with E-state index in [1.807, 2.05) is 35.2 Å². The maximum Gasteiger partial charge on any atom is 0.321 e. The summed E-state index contributed by atoms with van der Waals surface area (Å²) in [6.45, 7) is 6.37. The van der Waals surface area contributed by atoms with E-state index in [-0.39, 0.29) is 6.03 Å². The van der Waals surface area contributed by atoms with Crippen LogP contribution in [-0.4, -0.2) is 48.6 Å². The summed E-state index contributed by atoms with van der Waals surface area (Å²) < 4.78 is 0. The molecule has 29 heavy (non-hydrogen) atoms. The third-order valence-corrected chi connectivity index (χ3v) is 5.55. The molecule has 1 saturated heterocycles. The zero-order valence-electron chi connectivity index (χ0n) is 16.8. The predicted molar refractivity (Wildman–Crippen MR) is 121 cm³/mol. The molecule has 4 nitrogen and oxygen atoms in total. The summed E-state index contributed by atoms with van der Waals surface area (Å²) in [5, 5.41) is 5.52. The smallest absolute Gasteiger partial charge is 0.321 e. The lowest BCUT2D eigenvalue weighted by atomic mass is 10.0. The Morgan fingerprint density at radius 1 is 0.897 bits per heavy atom. The summed E-state index contributed by atoms with van der Waals surface area (Å²) in [6, 6.07) is 24.7. The summed E-state index contributed by atoms with van der Waals surface area (Å²) >= 11 is 0. The van der Waals surface area contributed by atoms with Gasteiger partial charge in [0, 0.05) is 38.4 Å². The fourth-order valence-electron chi connectivity index (χ4n) is 3.68. The third-order valence-electron chi connectivity index (χ3n) is 5.55. The number of hydrogen-bond donors (Lipinski definition) is 1. The van der Waals surface area contributed by atoms with Crippen LogP contribution in [0.1, 0.15) is 12.5 Å². The molecule has 1 fully saturated rings. The van der Waals surface area contributed by atoms with E-state index < -0.39 is 0 Å². The number of fused-ring (bicyclic) bond motifs is 1. The Balaban J connectivity index is 1.30. The average Bonchev–Trinajstić information content (AvgIpc) is 2.78. The van der Waals surface area contributed by atoms with Gasteiger partial charge < -0.3 is 10.2 Å². The number of rotatable bonds is 4. The number of benzene rings is 3. The van der Waals surface area contributed by atoms with Crippen LogP contribution in [0.15, 0.2) is 78.9 Å². The van der Waals surface area contributed by atoms with Gasteiger partial charge >= 0.3 is 6.03 Å². The molecule has 4 rings (SSSR count). The summed E-state index contributed by atoms with van der Waals surface area (Å²) in [6.07, 6.45) is 2.30. The number of allylic oxidation sites excluding steroid dienone is 1. The zero-order valence-corrected chi connectivity index (χ0v) is 16.8. The second-order valence-electron chi connectivity index (χ2n) is 7.53. The minimum Gasteiger partial charge on any atom is -0.322 e. The highest BCUT2D eigenvalue weighted by Crippen LogP contribution is 2.21. The Hall–Kier alpha value is -3.11. The van der Waals surface area contributed by atoms with Crippen molar-refractivity contribution in [1.29, 1.82) is 0 Å². The highest BCUT2D eigenvalue weighted by Gasteiger charge is 2.20. The Morgan fingerprint density at radius 2 is 1.59 bits per heavy atom. The number of para-hydroxylation sites is 1. The molecule has 0 unspecified atom stereocenters. The number of amides is 2. The van der Waals surface area contributed by atoms with Gasteiger partial charge in [-0.15, -0.1) is 0 Å². The molecule has 1 heterocycles. The van der Waals surface area contributed by atoms with Crippen molar-refractivity contribution in [2.24, 2.45) is 0 Å². The van der Waals surface area contributed by atoms with Crippen LogP contribution in [0.4, 0.5) is 10.5 Å². The molecule has 148 valence electrons. The van der Waals surface area contributed by atoms with Crippen molar-refractivity contribution < 1.29 is 4.79 Å². The van der Waals surface area contributed by atoms with Crippen molar-refractivity contribution in [3.8, 4) is 0 Å². The summed E-state index contributed by atoms with van der Waals surface area (Å²) in [7, 11) is 0. The molecule has 0 aliphatic carbocycles. The van der Waals surface area contributed by atoms with Gasteiger partial charge in [0.1, 0.15) is 0 Å². The van der Waals surface area contributed by atoms with Gasteiger partial charge in [0.15, 0.2) is 0 Å². The zero-order chi connectivity index (χ0) is 20.1. The van der Waals surface area contributed by atoms with Crippen LogP contribution in [0, 0.1) is 0 Å². The van der Waals surface area contributed by atoms with Gasteiger partial charge in [-0.05, 0) is 47.0 Å². The first kappa shape index (κ1) is 19.2. The molecule has 1 N–H and O–H groups in total. The van der Waals surface area contributed by atoms with Gasteiger partial charge in [-0.3, -0.25) is 4.90 Å². The predicted octanol–water partition coefficient (Wildman–Crippen LogP) is 5.09. The molecule has 0 atom stereocenters. The molecule has 3 aromatic carbocycles. The topological polar surface area (TPSA) is 35.6 Å². The van der Waals surface area contributed by atoms with Crippen LogP contribution in [-0.2, 0) is 0 Å². The maximum atomic E-state index is 12.4. The monoisotopic (exact) mass is 385 g/mol. The number of urea groups is 1. The van der Waals surface area contributed by atoms with Crippen LogP contribution < -0.4 is 5.32 Å². The van der Waals surface area contributed by atoms with Crippen LogP contribution in [0.2, 0.25) is 0 Å². The fourth-order valence-corrected chi connectivity index (χ4v) is 3.68. The maximum absolute atomic E-state index is 12.4. The van der Waals surface area contributed by atoms with E-state index in [0.29, 0.717) is 0 Å². The lowest BCUT2D eigenvalue weighted by Gasteiger charge is -2.34. The van der Waals surface area contributed by atoms with Crippen LogP contribution >= 0.6 is 0 Å². The van der Waals surface area contributed by atoms with E-state index in [1.54, 1.807) is 0 Å². The van der Waals surface area contributed by atoms with E-state index in [9.17, 15) is 4.79 Å². The van der Waals surface area contributed by atoms with E-state index in [4.69, 9.17) is 0 Å². The summed E-state index contributed by atoms with van der Waals surface area (Å²) in [4.78, 5) is 16.7. The second-order valence-corrected chi connectivity index (χ2v) is 7.53. The van der Waals surface area contributed by atoms with Crippen molar-refractivity contribution in [2.75, 3.05) is 38.0 Å². The quantitative estimate of drug-likeness (QED) is 0.679. The van der Waals surface area contributed by atoms with Crippen molar-refractivity contribution >= 4 is 28.1 Å². The highest BCUT2D eigenvalue weighted by molar-refractivity contribution is 5.89. The lowest BCUT2D eigenvalue weighted by Crippen LogP contribution is -2.49. The molecule has 2 amide bonds.